The predicted molar refractivity (Wildman–Crippen MR) is 146 cm³/mol. The molecule has 0 saturated heterocycles. The zero-order valence-electron chi connectivity index (χ0n) is 22.5. The molecule has 0 bridgehead atoms. The molecule has 0 aromatic heterocycles. The zero-order chi connectivity index (χ0) is 28.8. The van der Waals surface area contributed by atoms with Crippen LogP contribution in [-0.2, 0) is 20.7 Å². The van der Waals surface area contributed by atoms with E-state index < -0.39 is 40.3 Å². The van der Waals surface area contributed by atoms with Gasteiger partial charge in [-0.1, -0.05) is 61.2 Å². The average Bonchev–Trinajstić information content (AvgIpc) is 3.11. The van der Waals surface area contributed by atoms with E-state index in [1.165, 1.54) is 12.1 Å². The third kappa shape index (κ3) is 6.78. The van der Waals surface area contributed by atoms with Gasteiger partial charge in [0.2, 0.25) is 0 Å². The van der Waals surface area contributed by atoms with E-state index in [-0.39, 0.29) is 37.0 Å². The van der Waals surface area contributed by atoms with Crippen molar-refractivity contribution < 1.29 is 33.4 Å². The van der Waals surface area contributed by atoms with Crippen molar-refractivity contribution in [1.29, 1.82) is 0 Å². The summed E-state index contributed by atoms with van der Waals surface area (Å²) >= 11 is 0.854. The number of benzene rings is 2. The summed E-state index contributed by atoms with van der Waals surface area (Å²) in [5, 5.41) is 1.03. The first-order valence-electron chi connectivity index (χ1n) is 12.6. The van der Waals surface area contributed by atoms with Crippen molar-refractivity contribution in [1.82, 2.24) is 10.0 Å². The Morgan fingerprint density at radius 1 is 0.949 bits per heavy atom. The molecule has 1 aliphatic heterocycles. The van der Waals surface area contributed by atoms with Crippen LogP contribution in [0.4, 0.5) is 9.59 Å². The third-order valence-electron chi connectivity index (χ3n) is 5.92. The molecule has 1 aliphatic rings. The second-order valence-corrected chi connectivity index (χ2v) is 11.2. The first-order chi connectivity index (χ1) is 18.4. The molecule has 2 N–H and O–H groups in total. The first-order valence-corrected chi connectivity index (χ1v) is 13.5. The van der Waals surface area contributed by atoms with Crippen molar-refractivity contribution in [2.45, 2.75) is 58.1 Å². The standard InChI is InChI=1S/C28H33N3O7S/c1-5-39-26(36)31(30-22(32)20-14-9-10-15-21(20)23(30)33)28(16-11-17-37-25(29)35,24(34)38-27(2,3)4)18-19-12-7-6-8-13-19/h6-10,12-15H,5,11,16-18H2,1-4H3,(H2,29,35). The number of nitrogens with zero attached hydrogens (tertiary/aromatic N) is 2. The van der Waals surface area contributed by atoms with Crippen molar-refractivity contribution in [3.63, 3.8) is 0 Å². The van der Waals surface area contributed by atoms with Gasteiger partial charge in [0.05, 0.1) is 17.7 Å². The molecule has 1 unspecified atom stereocenters. The lowest BCUT2D eigenvalue weighted by atomic mass is 9.85. The quantitative estimate of drug-likeness (QED) is 0.256. The van der Waals surface area contributed by atoms with E-state index in [0.29, 0.717) is 11.3 Å². The number of hydrogen-bond acceptors (Lipinski definition) is 8. The highest BCUT2D eigenvalue weighted by Gasteiger charge is 2.56. The Balaban J connectivity index is 2.24. The molecule has 208 valence electrons. The van der Waals surface area contributed by atoms with Crippen LogP contribution in [0.15, 0.2) is 54.6 Å². The zero-order valence-corrected chi connectivity index (χ0v) is 23.3. The molecule has 0 saturated carbocycles. The molecular weight excluding hydrogens is 522 g/mol. The Morgan fingerprint density at radius 2 is 1.51 bits per heavy atom. The number of carbonyl (C=O) groups is 5. The summed E-state index contributed by atoms with van der Waals surface area (Å²) in [6, 6.07) is 15.1. The summed E-state index contributed by atoms with van der Waals surface area (Å²) in [4.78, 5) is 66.6. The van der Waals surface area contributed by atoms with Crippen LogP contribution in [0.2, 0.25) is 0 Å². The summed E-state index contributed by atoms with van der Waals surface area (Å²) in [6.45, 7) is 6.64. The Bertz CT molecular complexity index is 1210. The van der Waals surface area contributed by atoms with Crippen LogP contribution in [0.3, 0.4) is 0 Å². The lowest BCUT2D eigenvalue weighted by Crippen LogP contribution is -2.66. The molecule has 2 aromatic carbocycles. The number of nitrogens with two attached hydrogens (primary N) is 1. The van der Waals surface area contributed by atoms with E-state index >= 15 is 0 Å². The highest BCUT2D eigenvalue weighted by atomic mass is 32.2. The van der Waals surface area contributed by atoms with Crippen LogP contribution < -0.4 is 5.73 Å². The van der Waals surface area contributed by atoms with Crippen molar-refractivity contribution in [2.24, 2.45) is 5.73 Å². The van der Waals surface area contributed by atoms with Crippen LogP contribution in [0.25, 0.3) is 0 Å². The first kappa shape index (κ1) is 29.7. The van der Waals surface area contributed by atoms with E-state index in [2.05, 4.69) is 0 Å². The predicted octanol–water partition coefficient (Wildman–Crippen LogP) is 4.57. The van der Waals surface area contributed by atoms with Gasteiger partial charge in [-0.05, 0) is 57.1 Å². The van der Waals surface area contributed by atoms with Gasteiger partial charge < -0.3 is 15.2 Å². The Morgan fingerprint density at radius 3 is 2.03 bits per heavy atom. The second-order valence-electron chi connectivity index (χ2n) is 9.95. The fraction of sp³-hybridized carbons (Fsp3) is 0.393. The molecule has 3 rings (SSSR count). The highest BCUT2D eigenvalue weighted by Crippen LogP contribution is 2.37. The summed E-state index contributed by atoms with van der Waals surface area (Å²) in [5.41, 5.74) is 3.21. The number of primary amides is 1. The number of carbonyl (C=O) groups excluding carboxylic acids is 5. The van der Waals surface area contributed by atoms with Gasteiger partial charge in [-0.15, -0.1) is 0 Å². The van der Waals surface area contributed by atoms with Gasteiger partial charge in [-0.25, -0.2) is 14.6 Å². The number of ether oxygens (including phenoxy) is 2. The fourth-order valence-electron chi connectivity index (χ4n) is 4.36. The fourth-order valence-corrected chi connectivity index (χ4v) is 4.99. The number of hydrazine groups is 1. The number of amides is 4. The molecule has 4 amide bonds. The molecule has 39 heavy (non-hydrogen) atoms. The Hall–Kier alpha value is -3.86. The minimum Gasteiger partial charge on any atom is -0.458 e. The van der Waals surface area contributed by atoms with Gasteiger partial charge in [-0.3, -0.25) is 14.4 Å². The summed E-state index contributed by atoms with van der Waals surface area (Å²) < 4.78 is 10.8. The average molecular weight is 556 g/mol. The summed E-state index contributed by atoms with van der Waals surface area (Å²) in [7, 11) is 0. The third-order valence-corrected chi connectivity index (χ3v) is 6.62. The minimum absolute atomic E-state index is 0.0806. The maximum absolute atomic E-state index is 14.2. The molecule has 0 aliphatic carbocycles. The van der Waals surface area contributed by atoms with Crippen molar-refractivity contribution in [2.75, 3.05) is 12.4 Å². The van der Waals surface area contributed by atoms with Crippen LogP contribution in [0, 0.1) is 0 Å². The topological polar surface area (TPSA) is 136 Å². The SMILES string of the molecule is CCSC(=O)N(N1C(=O)c2ccccc2C1=O)C(CCCOC(N)=O)(Cc1ccccc1)C(=O)OC(C)(C)C. The molecule has 10 nitrogen and oxygen atoms in total. The molecule has 0 spiro atoms. The molecule has 0 fully saturated rings. The van der Waals surface area contributed by atoms with Crippen LogP contribution >= 0.6 is 11.8 Å². The number of rotatable bonds is 10. The maximum Gasteiger partial charge on any atom is 0.404 e. The van der Waals surface area contributed by atoms with Gasteiger partial charge in [0, 0.05) is 6.42 Å². The largest absolute Gasteiger partial charge is 0.458 e. The van der Waals surface area contributed by atoms with Gasteiger partial charge >= 0.3 is 17.3 Å². The smallest absolute Gasteiger partial charge is 0.404 e. The highest BCUT2D eigenvalue weighted by molar-refractivity contribution is 8.13. The summed E-state index contributed by atoms with van der Waals surface area (Å²) in [6.07, 6.45) is -1.09. The molecule has 1 heterocycles. The van der Waals surface area contributed by atoms with E-state index in [0.717, 1.165) is 21.8 Å². The minimum atomic E-state index is -1.86. The number of thioether (sulfide) groups is 1. The van der Waals surface area contributed by atoms with Crippen molar-refractivity contribution >= 4 is 40.9 Å². The van der Waals surface area contributed by atoms with Gasteiger partial charge in [0.25, 0.3) is 11.8 Å². The molecule has 0 radical (unpaired) electrons. The normalized spacial score (nSPS) is 14.4. The Labute approximate surface area is 231 Å². The van der Waals surface area contributed by atoms with E-state index in [9.17, 15) is 24.0 Å². The van der Waals surface area contributed by atoms with Crippen LogP contribution in [0.5, 0.6) is 0 Å². The number of hydrogen-bond donors (Lipinski definition) is 1. The molecule has 2 aromatic rings. The van der Waals surface area contributed by atoms with E-state index in [1.54, 1.807) is 70.2 Å². The molecule has 11 heteroatoms. The van der Waals surface area contributed by atoms with Crippen LogP contribution in [0.1, 0.15) is 66.8 Å². The number of esters is 1. The molecule has 1 atom stereocenters. The lowest BCUT2D eigenvalue weighted by molar-refractivity contribution is -0.174. The Kier molecular flexibility index (Phi) is 9.39. The van der Waals surface area contributed by atoms with E-state index in [4.69, 9.17) is 15.2 Å². The number of imide groups is 1. The second kappa shape index (κ2) is 12.3. The maximum atomic E-state index is 14.2. The van der Waals surface area contributed by atoms with Crippen molar-refractivity contribution in [3.8, 4) is 0 Å². The van der Waals surface area contributed by atoms with Crippen molar-refractivity contribution in [3.05, 3.63) is 71.3 Å². The van der Waals surface area contributed by atoms with Gasteiger partial charge in [0.1, 0.15) is 5.60 Å². The molecular formula is C28H33N3O7S. The van der Waals surface area contributed by atoms with Crippen LogP contribution in [-0.4, -0.2) is 62.6 Å². The lowest BCUT2D eigenvalue weighted by Gasteiger charge is -2.45. The number of fused-ring (bicyclic) bond motifs is 1. The van der Waals surface area contributed by atoms with Gasteiger partial charge in [0.15, 0.2) is 5.54 Å². The summed E-state index contributed by atoms with van der Waals surface area (Å²) in [5.74, 6) is -1.94. The monoisotopic (exact) mass is 555 g/mol. The van der Waals surface area contributed by atoms with E-state index in [1.807, 2.05) is 0 Å². The van der Waals surface area contributed by atoms with Gasteiger partial charge in [-0.2, -0.15) is 5.01 Å².